The van der Waals surface area contributed by atoms with E-state index in [1.807, 2.05) is 6.08 Å². The Morgan fingerprint density at radius 3 is 2.42 bits per heavy atom. The molecule has 1 aliphatic rings. The van der Waals surface area contributed by atoms with Crippen molar-refractivity contribution in [2.45, 2.75) is 51.7 Å². The first-order chi connectivity index (χ1) is 12.1. The highest BCUT2D eigenvalue weighted by atomic mass is 28.3. The van der Waals surface area contributed by atoms with E-state index in [0.717, 1.165) is 18.2 Å². The number of benzene rings is 1. The van der Waals surface area contributed by atoms with E-state index in [2.05, 4.69) is 89.8 Å². The average Bonchev–Trinajstić information content (AvgIpc) is 3.07. The van der Waals surface area contributed by atoms with E-state index in [1.165, 1.54) is 16.8 Å². The van der Waals surface area contributed by atoms with Crippen molar-refractivity contribution in [2.75, 3.05) is 25.6 Å². The van der Waals surface area contributed by atoms with Gasteiger partial charge >= 0.3 is 0 Å². The molecule has 0 heterocycles. The Labute approximate surface area is 161 Å². The smallest absolute Gasteiger partial charge is 0.126 e. The Bertz CT molecular complexity index is 720. The fourth-order valence-electron chi connectivity index (χ4n) is 3.47. The van der Waals surface area contributed by atoms with Crippen LogP contribution in [0, 0.1) is 0 Å². The van der Waals surface area contributed by atoms with Gasteiger partial charge in [0, 0.05) is 25.3 Å². The van der Waals surface area contributed by atoms with Gasteiger partial charge in [-0.1, -0.05) is 69.9 Å². The number of ether oxygens (including phenoxy) is 1. The molecule has 0 saturated heterocycles. The highest BCUT2D eigenvalue weighted by molar-refractivity contribution is 6.83. The molecule has 0 aromatic heterocycles. The molecule has 0 aliphatic heterocycles. The van der Waals surface area contributed by atoms with E-state index < -0.39 is 8.07 Å². The summed E-state index contributed by atoms with van der Waals surface area (Å²) in [7, 11) is 2.68. The van der Waals surface area contributed by atoms with Gasteiger partial charge in [-0.2, -0.15) is 0 Å². The summed E-state index contributed by atoms with van der Waals surface area (Å²) < 4.78 is 6.24. The molecule has 142 valence electrons. The van der Waals surface area contributed by atoms with Crippen LogP contribution >= 0.6 is 0 Å². The molecule has 2 rings (SSSR count). The maximum Gasteiger partial charge on any atom is 0.126 e. The van der Waals surface area contributed by atoms with E-state index in [4.69, 9.17) is 4.74 Å². The Morgan fingerprint density at radius 2 is 1.92 bits per heavy atom. The number of allylic oxidation sites excluding steroid dienone is 4. The predicted molar refractivity (Wildman–Crippen MR) is 118 cm³/mol. The second kappa shape index (κ2) is 7.87. The molecule has 0 fully saturated rings. The molecular weight excluding hydrogens is 334 g/mol. The summed E-state index contributed by atoms with van der Waals surface area (Å²) in [6.07, 6.45) is 9.76. The van der Waals surface area contributed by atoms with E-state index in [1.54, 1.807) is 5.20 Å². The Balaban J connectivity index is 2.56. The molecule has 1 aromatic carbocycles. The van der Waals surface area contributed by atoms with Crippen LogP contribution in [-0.2, 0) is 11.5 Å². The van der Waals surface area contributed by atoms with Gasteiger partial charge in [0.1, 0.15) is 12.4 Å². The monoisotopic (exact) mass is 369 g/mol. The number of hydrogen-bond donors (Lipinski definition) is 0. The van der Waals surface area contributed by atoms with Gasteiger partial charge in [-0.25, -0.2) is 0 Å². The molecule has 1 aliphatic carbocycles. The second-order valence-electron chi connectivity index (χ2n) is 9.11. The number of nitrogens with zero attached hydrogens (tertiary/aromatic N) is 1. The van der Waals surface area contributed by atoms with Gasteiger partial charge in [0.25, 0.3) is 0 Å². The van der Waals surface area contributed by atoms with E-state index >= 15 is 0 Å². The van der Waals surface area contributed by atoms with Crippen LogP contribution in [0.5, 0.6) is 5.75 Å². The Kier molecular flexibility index (Phi) is 6.23. The molecule has 0 bridgehead atoms. The highest BCUT2D eigenvalue weighted by Gasteiger charge is 2.30. The molecule has 0 atom stereocenters. The molecule has 0 saturated carbocycles. The lowest BCUT2D eigenvalue weighted by Crippen LogP contribution is -2.33. The first-order valence-corrected chi connectivity index (χ1v) is 12.7. The van der Waals surface area contributed by atoms with E-state index in [9.17, 15) is 0 Å². The molecule has 26 heavy (non-hydrogen) atoms. The minimum Gasteiger partial charge on any atom is -0.489 e. The van der Waals surface area contributed by atoms with Gasteiger partial charge < -0.3 is 9.64 Å². The van der Waals surface area contributed by atoms with E-state index in [-0.39, 0.29) is 5.41 Å². The SMILES string of the molecule is C=CCOc1c(C[Si](C)(C)C2=CC=CC2)cc(N(C)C)cc1C(C)(C)C. The van der Waals surface area contributed by atoms with Crippen molar-refractivity contribution in [3.63, 3.8) is 0 Å². The fourth-order valence-corrected chi connectivity index (χ4v) is 6.13. The molecule has 3 heteroatoms. The predicted octanol–water partition coefficient (Wildman–Crippen LogP) is 5.83. The molecule has 0 amide bonds. The standard InChI is InChI=1S/C23H35NOSi/c1-9-14-25-22-18(17-26(7,8)20-12-10-11-13-20)15-19(24(5)6)16-21(22)23(2,3)4/h9-12,15-16H,1,13-14,17H2,2-8H3. The summed E-state index contributed by atoms with van der Waals surface area (Å²) in [4.78, 5) is 2.20. The summed E-state index contributed by atoms with van der Waals surface area (Å²) in [5, 5.41) is 1.62. The minimum absolute atomic E-state index is 0.0250. The lowest BCUT2D eigenvalue weighted by atomic mass is 9.84. The lowest BCUT2D eigenvalue weighted by Gasteiger charge is -2.31. The zero-order valence-electron chi connectivity index (χ0n) is 17.6. The largest absolute Gasteiger partial charge is 0.489 e. The van der Waals surface area contributed by atoms with Gasteiger partial charge in [0.05, 0.1) is 8.07 Å². The summed E-state index contributed by atoms with van der Waals surface area (Å²) in [6, 6.07) is 5.70. The molecule has 0 unspecified atom stereocenters. The number of anilines is 1. The van der Waals surface area contributed by atoms with Gasteiger partial charge in [0.2, 0.25) is 0 Å². The molecular formula is C23H35NOSi. The first-order valence-electron chi connectivity index (χ1n) is 9.51. The average molecular weight is 370 g/mol. The van der Waals surface area contributed by atoms with Gasteiger partial charge in [-0.15, -0.1) is 0 Å². The summed E-state index contributed by atoms with van der Waals surface area (Å²) in [6.45, 7) is 16.1. The van der Waals surface area contributed by atoms with Gasteiger partial charge in [-0.3, -0.25) is 0 Å². The van der Waals surface area contributed by atoms with Crippen LogP contribution in [0.2, 0.25) is 13.1 Å². The van der Waals surface area contributed by atoms with Crippen molar-refractivity contribution >= 4 is 13.8 Å². The maximum atomic E-state index is 6.24. The maximum absolute atomic E-state index is 6.24. The Hall–Kier alpha value is -1.74. The molecule has 1 aromatic rings. The van der Waals surface area contributed by atoms with Crippen LogP contribution in [0.4, 0.5) is 5.69 Å². The van der Waals surface area contributed by atoms with Crippen molar-refractivity contribution in [1.29, 1.82) is 0 Å². The third kappa shape index (κ3) is 4.70. The van der Waals surface area contributed by atoms with Crippen LogP contribution < -0.4 is 9.64 Å². The van der Waals surface area contributed by atoms with Gasteiger partial charge in [-0.05, 0) is 35.6 Å². The number of rotatable bonds is 7. The Morgan fingerprint density at radius 1 is 1.23 bits per heavy atom. The van der Waals surface area contributed by atoms with Crippen LogP contribution in [0.3, 0.4) is 0 Å². The van der Waals surface area contributed by atoms with Gasteiger partial charge in [0.15, 0.2) is 0 Å². The van der Waals surface area contributed by atoms with Crippen LogP contribution in [-0.4, -0.2) is 28.8 Å². The zero-order chi connectivity index (χ0) is 19.5. The molecule has 0 radical (unpaired) electrons. The lowest BCUT2D eigenvalue weighted by molar-refractivity contribution is 0.348. The fraction of sp³-hybridized carbons (Fsp3) is 0.478. The zero-order valence-corrected chi connectivity index (χ0v) is 18.6. The highest BCUT2D eigenvalue weighted by Crippen LogP contribution is 2.40. The van der Waals surface area contributed by atoms with Crippen LogP contribution in [0.15, 0.2) is 48.2 Å². The number of hydrogen-bond acceptors (Lipinski definition) is 2. The molecule has 2 nitrogen and oxygen atoms in total. The van der Waals surface area contributed by atoms with Crippen LogP contribution in [0.25, 0.3) is 0 Å². The normalized spacial score (nSPS) is 14.3. The van der Waals surface area contributed by atoms with Crippen molar-refractivity contribution in [3.05, 3.63) is 59.3 Å². The van der Waals surface area contributed by atoms with Crippen LogP contribution in [0.1, 0.15) is 38.3 Å². The third-order valence-electron chi connectivity index (χ3n) is 5.09. The minimum atomic E-state index is -1.55. The van der Waals surface area contributed by atoms with Crippen molar-refractivity contribution in [1.82, 2.24) is 0 Å². The first kappa shape index (κ1) is 20.6. The second-order valence-corrected chi connectivity index (χ2v) is 13.9. The third-order valence-corrected chi connectivity index (χ3v) is 8.47. The molecule has 0 spiro atoms. The summed E-state index contributed by atoms with van der Waals surface area (Å²) in [5.41, 5.74) is 3.90. The van der Waals surface area contributed by atoms with Crippen molar-refractivity contribution in [3.8, 4) is 5.75 Å². The summed E-state index contributed by atoms with van der Waals surface area (Å²) in [5.74, 6) is 1.06. The van der Waals surface area contributed by atoms with Crippen molar-refractivity contribution < 1.29 is 4.74 Å². The topological polar surface area (TPSA) is 12.5 Å². The molecule has 0 N–H and O–H groups in total. The quantitative estimate of drug-likeness (QED) is 0.443. The summed E-state index contributed by atoms with van der Waals surface area (Å²) >= 11 is 0. The van der Waals surface area contributed by atoms with E-state index in [0.29, 0.717) is 6.61 Å². The van der Waals surface area contributed by atoms with Crippen molar-refractivity contribution in [2.24, 2.45) is 0 Å².